The molecule has 0 aliphatic heterocycles. The Balaban J connectivity index is 1.79. The highest BCUT2D eigenvalue weighted by Gasteiger charge is 2.15. The fraction of sp³-hybridized carbons (Fsp3) is 0.158. The van der Waals surface area contributed by atoms with Gasteiger partial charge in [0, 0.05) is 17.0 Å². The third-order valence-electron chi connectivity index (χ3n) is 3.66. The number of nitriles is 1. The van der Waals surface area contributed by atoms with Gasteiger partial charge in [-0.15, -0.1) is 0 Å². The normalized spacial score (nSPS) is 10.4. The predicted molar refractivity (Wildman–Crippen MR) is 88.0 cm³/mol. The van der Waals surface area contributed by atoms with Gasteiger partial charge in [0.15, 0.2) is 11.5 Å². The molecule has 0 aliphatic rings. The summed E-state index contributed by atoms with van der Waals surface area (Å²) in [6.07, 6.45) is 1.65. The minimum absolute atomic E-state index is 0.0826. The molecule has 120 valence electrons. The average Bonchev–Trinajstić information content (AvgIpc) is 2.97. The number of rotatable bonds is 4. The molecule has 0 unspecified atom stereocenters. The lowest BCUT2D eigenvalue weighted by molar-refractivity contribution is -0.133. The molecule has 0 radical (unpaired) electrons. The monoisotopic (exact) mass is 321 g/mol. The van der Waals surface area contributed by atoms with Gasteiger partial charge in [-0.2, -0.15) is 5.26 Å². The van der Waals surface area contributed by atoms with Crippen molar-refractivity contribution in [2.75, 3.05) is 7.11 Å². The van der Waals surface area contributed by atoms with E-state index in [2.05, 4.69) is 0 Å². The standard InChI is InChI=1S/C19H15NO4/c1-12-3-5-15-14(11-23-17(15)7-12)9-19(21)24-16-6-4-13(10-20)8-18(16)22-2/h3-8,11H,9H2,1-2H3. The Kier molecular flexibility index (Phi) is 4.21. The largest absolute Gasteiger partial charge is 0.493 e. The minimum atomic E-state index is -0.429. The van der Waals surface area contributed by atoms with Gasteiger partial charge in [-0.3, -0.25) is 4.79 Å². The van der Waals surface area contributed by atoms with E-state index in [0.717, 1.165) is 22.1 Å². The third kappa shape index (κ3) is 3.08. The van der Waals surface area contributed by atoms with E-state index in [9.17, 15) is 4.79 Å². The zero-order valence-corrected chi connectivity index (χ0v) is 13.3. The Morgan fingerprint density at radius 3 is 2.79 bits per heavy atom. The summed E-state index contributed by atoms with van der Waals surface area (Å²) in [5.74, 6) is 0.196. The molecule has 0 aliphatic carbocycles. The number of benzene rings is 2. The lowest BCUT2D eigenvalue weighted by atomic mass is 10.1. The summed E-state index contributed by atoms with van der Waals surface area (Å²) in [5.41, 5.74) is 3.03. The van der Waals surface area contributed by atoms with Crippen LogP contribution in [-0.4, -0.2) is 13.1 Å². The molecule has 0 spiro atoms. The highest BCUT2D eigenvalue weighted by molar-refractivity contribution is 5.86. The Labute approximate surface area is 139 Å². The van der Waals surface area contributed by atoms with Crippen molar-refractivity contribution >= 4 is 16.9 Å². The predicted octanol–water partition coefficient (Wildman–Crippen LogP) is 3.77. The number of hydrogen-bond donors (Lipinski definition) is 0. The Morgan fingerprint density at radius 1 is 1.21 bits per heavy atom. The highest BCUT2D eigenvalue weighted by Crippen LogP contribution is 2.29. The molecular formula is C19H15NO4. The summed E-state index contributed by atoms with van der Waals surface area (Å²) in [5, 5.41) is 9.79. The van der Waals surface area contributed by atoms with E-state index in [4.69, 9.17) is 19.2 Å². The number of carbonyl (C=O) groups is 1. The zero-order chi connectivity index (χ0) is 17.1. The SMILES string of the molecule is COc1cc(C#N)ccc1OC(=O)Cc1coc2cc(C)ccc12. The maximum Gasteiger partial charge on any atom is 0.315 e. The summed E-state index contributed by atoms with van der Waals surface area (Å²) >= 11 is 0. The topological polar surface area (TPSA) is 72.5 Å². The lowest BCUT2D eigenvalue weighted by Crippen LogP contribution is -2.11. The number of carbonyl (C=O) groups excluding carboxylic acids is 1. The van der Waals surface area contributed by atoms with E-state index in [1.807, 2.05) is 31.2 Å². The molecule has 3 aromatic rings. The molecule has 0 fully saturated rings. The van der Waals surface area contributed by atoms with Crippen LogP contribution in [0.15, 0.2) is 47.1 Å². The first-order chi connectivity index (χ1) is 11.6. The second-order valence-electron chi connectivity index (χ2n) is 5.39. The van der Waals surface area contributed by atoms with Crippen LogP contribution in [0.2, 0.25) is 0 Å². The molecule has 0 saturated heterocycles. The van der Waals surface area contributed by atoms with Crippen LogP contribution >= 0.6 is 0 Å². The summed E-state index contributed by atoms with van der Waals surface area (Å²) in [4.78, 5) is 12.2. The Morgan fingerprint density at radius 2 is 2.04 bits per heavy atom. The fourth-order valence-electron chi connectivity index (χ4n) is 2.46. The minimum Gasteiger partial charge on any atom is -0.493 e. The van der Waals surface area contributed by atoms with Crippen molar-refractivity contribution in [2.45, 2.75) is 13.3 Å². The molecule has 0 bridgehead atoms. The number of nitrogens with zero attached hydrogens (tertiary/aromatic N) is 1. The van der Waals surface area contributed by atoms with Gasteiger partial charge in [0.2, 0.25) is 0 Å². The van der Waals surface area contributed by atoms with Crippen LogP contribution in [0.1, 0.15) is 16.7 Å². The lowest BCUT2D eigenvalue weighted by Gasteiger charge is -2.09. The van der Waals surface area contributed by atoms with Crippen molar-refractivity contribution in [3.8, 4) is 17.6 Å². The molecular weight excluding hydrogens is 306 g/mol. The molecule has 24 heavy (non-hydrogen) atoms. The first-order valence-corrected chi connectivity index (χ1v) is 7.36. The van der Waals surface area contributed by atoms with Crippen molar-refractivity contribution in [2.24, 2.45) is 0 Å². The number of ether oxygens (including phenoxy) is 2. The van der Waals surface area contributed by atoms with Gasteiger partial charge in [0.05, 0.1) is 31.4 Å². The molecule has 0 atom stereocenters. The first kappa shape index (κ1) is 15.6. The molecule has 3 rings (SSSR count). The van der Waals surface area contributed by atoms with Gasteiger partial charge in [-0.1, -0.05) is 12.1 Å². The molecule has 1 aromatic heterocycles. The summed E-state index contributed by atoms with van der Waals surface area (Å²) in [6.45, 7) is 1.98. The average molecular weight is 321 g/mol. The maximum atomic E-state index is 12.2. The van der Waals surface area contributed by atoms with Crippen molar-refractivity contribution in [1.29, 1.82) is 5.26 Å². The van der Waals surface area contributed by atoms with Gasteiger partial charge >= 0.3 is 5.97 Å². The van der Waals surface area contributed by atoms with Crippen LogP contribution in [0.5, 0.6) is 11.5 Å². The fourth-order valence-corrected chi connectivity index (χ4v) is 2.46. The molecule has 0 N–H and O–H groups in total. The van der Waals surface area contributed by atoms with Crippen LogP contribution < -0.4 is 9.47 Å². The molecule has 0 amide bonds. The van der Waals surface area contributed by atoms with Gasteiger partial charge in [0.25, 0.3) is 0 Å². The van der Waals surface area contributed by atoms with Gasteiger partial charge in [-0.25, -0.2) is 0 Å². The molecule has 0 saturated carbocycles. The third-order valence-corrected chi connectivity index (χ3v) is 3.66. The number of methoxy groups -OCH3 is 1. The summed E-state index contributed by atoms with van der Waals surface area (Å²) in [6, 6.07) is 12.5. The zero-order valence-electron chi connectivity index (χ0n) is 13.3. The quantitative estimate of drug-likeness (QED) is 0.540. The number of esters is 1. The van der Waals surface area contributed by atoms with Crippen LogP contribution in [0.3, 0.4) is 0 Å². The molecule has 5 nitrogen and oxygen atoms in total. The van der Waals surface area contributed by atoms with Crippen molar-refractivity contribution < 1.29 is 18.7 Å². The van der Waals surface area contributed by atoms with E-state index in [-0.39, 0.29) is 12.2 Å². The number of aryl methyl sites for hydroxylation is 1. The number of furan rings is 1. The van der Waals surface area contributed by atoms with Crippen molar-refractivity contribution in [3.05, 3.63) is 59.4 Å². The molecule has 5 heteroatoms. The smallest absolute Gasteiger partial charge is 0.315 e. The summed E-state index contributed by atoms with van der Waals surface area (Å²) < 4.78 is 16.0. The second-order valence-corrected chi connectivity index (χ2v) is 5.39. The number of fused-ring (bicyclic) bond motifs is 1. The van der Waals surface area contributed by atoms with Crippen LogP contribution in [0, 0.1) is 18.3 Å². The van der Waals surface area contributed by atoms with Crippen molar-refractivity contribution in [3.63, 3.8) is 0 Å². The Bertz CT molecular complexity index is 950. The van der Waals surface area contributed by atoms with Gasteiger partial charge < -0.3 is 13.9 Å². The van der Waals surface area contributed by atoms with E-state index in [0.29, 0.717) is 11.3 Å². The van der Waals surface area contributed by atoms with Crippen LogP contribution in [-0.2, 0) is 11.2 Å². The van der Waals surface area contributed by atoms with E-state index >= 15 is 0 Å². The maximum absolute atomic E-state index is 12.2. The van der Waals surface area contributed by atoms with E-state index in [1.54, 1.807) is 18.4 Å². The second kappa shape index (κ2) is 6.47. The van der Waals surface area contributed by atoms with Gasteiger partial charge in [-0.05, 0) is 30.7 Å². The molecule has 2 aromatic carbocycles. The molecule has 1 heterocycles. The number of hydrogen-bond acceptors (Lipinski definition) is 5. The van der Waals surface area contributed by atoms with E-state index < -0.39 is 5.97 Å². The summed E-state index contributed by atoms with van der Waals surface area (Å²) in [7, 11) is 1.46. The Hall–Kier alpha value is -3.26. The van der Waals surface area contributed by atoms with Crippen LogP contribution in [0.25, 0.3) is 11.0 Å². The van der Waals surface area contributed by atoms with E-state index in [1.165, 1.54) is 13.2 Å². The first-order valence-electron chi connectivity index (χ1n) is 7.36. The van der Waals surface area contributed by atoms with Crippen LogP contribution in [0.4, 0.5) is 0 Å². The van der Waals surface area contributed by atoms with Gasteiger partial charge in [0.1, 0.15) is 5.58 Å². The van der Waals surface area contributed by atoms with Crippen molar-refractivity contribution in [1.82, 2.24) is 0 Å². The highest BCUT2D eigenvalue weighted by atomic mass is 16.6.